The zero-order valence-electron chi connectivity index (χ0n) is 18.5. The quantitative estimate of drug-likeness (QED) is 0.455. The fourth-order valence-corrected chi connectivity index (χ4v) is 4.51. The molecule has 8 nitrogen and oxygen atoms in total. The number of pyridine rings is 1. The third kappa shape index (κ3) is 3.67. The number of aliphatic hydroxyl groups is 1. The Labute approximate surface area is 194 Å². The second-order valence-electron chi connectivity index (χ2n) is 7.99. The summed E-state index contributed by atoms with van der Waals surface area (Å²) in [6, 6.07) is 4.33. The molecule has 0 radical (unpaired) electrons. The molecule has 1 amide bonds. The molecule has 2 aromatic heterocycles. The fourth-order valence-electron chi connectivity index (χ4n) is 4.21. The highest BCUT2D eigenvalue weighted by atomic mass is 35.5. The lowest BCUT2D eigenvalue weighted by atomic mass is 9.84. The molecule has 4 rings (SSSR count). The molecule has 1 aromatic carbocycles. The Bertz CT molecular complexity index is 1330. The van der Waals surface area contributed by atoms with E-state index in [0.29, 0.717) is 11.3 Å². The van der Waals surface area contributed by atoms with E-state index in [1.807, 2.05) is 13.8 Å². The second-order valence-corrected chi connectivity index (χ2v) is 8.34. The number of benzene rings is 1. The highest BCUT2D eigenvalue weighted by molar-refractivity contribution is 6.33. The average Bonchev–Trinajstić information content (AvgIpc) is 3.10. The van der Waals surface area contributed by atoms with Crippen LogP contribution in [0.15, 0.2) is 41.3 Å². The third-order valence-corrected chi connectivity index (χ3v) is 6.18. The van der Waals surface area contributed by atoms with Gasteiger partial charge >= 0.3 is 5.69 Å². The van der Waals surface area contributed by atoms with E-state index < -0.39 is 24.0 Å². The van der Waals surface area contributed by atoms with Crippen LogP contribution in [-0.4, -0.2) is 36.9 Å². The summed E-state index contributed by atoms with van der Waals surface area (Å²) in [7, 11) is 0. The highest BCUT2D eigenvalue weighted by Gasteiger charge is 2.36. The first-order chi connectivity index (χ1) is 15.7. The van der Waals surface area contributed by atoms with Gasteiger partial charge in [0.15, 0.2) is 11.0 Å². The molecular formula is C23H23ClFN5O3. The largest absolute Gasteiger partial charge is 0.388 e. The first-order valence-corrected chi connectivity index (χ1v) is 10.8. The molecule has 172 valence electrons. The number of aliphatic hydroxyl groups excluding tert-OH is 1. The van der Waals surface area contributed by atoms with Gasteiger partial charge in [-0.15, -0.1) is 5.10 Å². The lowest BCUT2D eigenvalue weighted by molar-refractivity contribution is 0.0977. The SMILES string of the molecule is C=C(C)[C@H]1CN(c2c(C)ccnc2Cl)C(=O)c2cc(F)c(-n3nc(CO)n(CC)c3=O)cc21. The molecule has 33 heavy (non-hydrogen) atoms. The molecule has 1 atom stereocenters. The number of aryl methyl sites for hydroxylation is 1. The monoisotopic (exact) mass is 471 g/mol. The van der Waals surface area contributed by atoms with Gasteiger partial charge in [-0.25, -0.2) is 14.2 Å². The first-order valence-electron chi connectivity index (χ1n) is 10.4. The summed E-state index contributed by atoms with van der Waals surface area (Å²) in [6.45, 7) is 9.48. The predicted octanol–water partition coefficient (Wildman–Crippen LogP) is 3.36. The minimum Gasteiger partial charge on any atom is -0.388 e. The van der Waals surface area contributed by atoms with E-state index in [1.54, 1.807) is 19.2 Å². The van der Waals surface area contributed by atoms with E-state index in [4.69, 9.17) is 11.6 Å². The predicted molar refractivity (Wildman–Crippen MR) is 123 cm³/mol. The average molecular weight is 472 g/mol. The molecule has 0 aliphatic carbocycles. The Morgan fingerprint density at radius 2 is 2.09 bits per heavy atom. The summed E-state index contributed by atoms with van der Waals surface area (Å²) in [6.07, 6.45) is 1.56. The molecule has 1 N–H and O–H groups in total. The van der Waals surface area contributed by atoms with Crippen molar-refractivity contribution >= 4 is 23.2 Å². The van der Waals surface area contributed by atoms with Gasteiger partial charge in [0, 0.05) is 30.8 Å². The number of halogens is 2. The van der Waals surface area contributed by atoms with Crippen molar-refractivity contribution < 1.29 is 14.3 Å². The number of carbonyl (C=O) groups excluding carboxylic acids is 1. The topological polar surface area (TPSA) is 93.2 Å². The number of hydrogen-bond acceptors (Lipinski definition) is 5. The van der Waals surface area contributed by atoms with Crippen LogP contribution in [0.2, 0.25) is 5.15 Å². The van der Waals surface area contributed by atoms with Crippen LogP contribution in [0.1, 0.15) is 47.1 Å². The third-order valence-electron chi connectivity index (χ3n) is 5.91. The van der Waals surface area contributed by atoms with Crippen LogP contribution in [0.25, 0.3) is 5.69 Å². The molecular weight excluding hydrogens is 449 g/mol. The molecule has 3 aromatic rings. The van der Waals surface area contributed by atoms with Crippen molar-refractivity contribution in [3.8, 4) is 5.69 Å². The minimum atomic E-state index is -0.786. The molecule has 0 saturated carbocycles. The van der Waals surface area contributed by atoms with Gasteiger partial charge in [0.2, 0.25) is 0 Å². The van der Waals surface area contributed by atoms with Crippen LogP contribution in [0.4, 0.5) is 10.1 Å². The van der Waals surface area contributed by atoms with E-state index in [0.717, 1.165) is 21.9 Å². The number of fused-ring (bicyclic) bond motifs is 1. The van der Waals surface area contributed by atoms with Gasteiger partial charge in [-0.3, -0.25) is 9.36 Å². The van der Waals surface area contributed by atoms with E-state index in [9.17, 15) is 14.7 Å². The molecule has 1 aliphatic rings. The van der Waals surface area contributed by atoms with Crippen molar-refractivity contribution in [2.75, 3.05) is 11.4 Å². The van der Waals surface area contributed by atoms with Crippen molar-refractivity contribution in [2.24, 2.45) is 0 Å². The standard InChI is InChI=1S/C23H23ClFN5O3/c1-5-28-19(11-31)27-30(23(28)33)18-9-14-15(8-17(18)25)22(32)29(10-16(14)12(2)3)20-13(4)6-7-26-21(20)24/h6-9,16,31H,2,5,10-11H2,1,3-4H3/t16-/m1/s1. The minimum absolute atomic E-state index is 0.0938. The summed E-state index contributed by atoms with van der Waals surface area (Å²) >= 11 is 6.31. The fraction of sp³-hybridized carbons (Fsp3) is 0.304. The molecule has 0 unspecified atom stereocenters. The smallest absolute Gasteiger partial charge is 0.350 e. The van der Waals surface area contributed by atoms with E-state index in [1.165, 1.54) is 15.5 Å². The number of hydrogen-bond donors (Lipinski definition) is 1. The van der Waals surface area contributed by atoms with Gasteiger partial charge in [0.05, 0.1) is 5.69 Å². The van der Waals surface area contributed by atoms with Gasteiger partial charge in [0.1, 0.15) is 18.1 Å². The molecule has 0 spiro atoms. The number of aromatic nitrogens is 4. The first kappa shape index (κ1) is 22.9. The Balaban J connectivity index is 1.91. The van der Waals surface area contributed by atoms with Gasteiger partial charge in [-0.2, -0.15) is 4.68 Å². The molecule has 10 heteroatoms. The lowest BCUT2D eigenvalue weighted by Gasteiger charge is -2.36. The molecule has 0 fully saturated rings. The van der Waals surface area contributed by atoms with Crippen molar-refractivity contribution in [1.29, 1.82) is 0 Å². The van der Waals surface area contributed by atoms with Crippen molar-refractivity contribution in [3.05, 3.63) is 80.5 Å². The maximum Gasteiger partial charge on any atom is 0.350 e. The van der Waals surface area contributed by atoms with Crippen molar-refractivity contribution in [2.45, 2.75) is 39.8 Å². The van der Waals surface area contributed by atoms with E-state index in [2.05, 4.69) is 16.7 Å². The maximum absolute atomic E-state index is 15.3. The number of amides is 1. The van der Waals surface area contributed by atoms with Crippen LogP contribution in [0, 0.1) is 12.7 Å². The van der Waals surface area contributed by atoms with Crippen molar-refractivity contribution in [1.82, 2.24) is 19.3 Å². The van der Waals surface area contributed by atoms with Crippen LogP contribution < -0.4 is 10.6 Å². The maximum atomic E-state index is 15.3. The Morgan fingerprint density at radius 3 is 2.67 bits per heavy atom. The van der Waals surface area contributed by atoms with Gasteiger partial charge < -0.3 is 10.0 Å². The number of rotatable bonds is 5. The molecule has 3 heterocycles. The zero-order chi connectivity index (χ0) is 24.0. The summed E-state index contributed by atoms with van der Waals surface area (Å²) < 4.78 is 17.5. The second kappa shape index (κ2) is 8.57. The highest BCUT2D eigenvalue weighted by Crippen LogP contribution is 2.39. The normalized spacial score (nSPS) is 15.6. The van der Waals surface area contributed by atoms with Crippen LogP contribution in [0.5, 0.6) is 0 Å². The van der Waals surface area contributed by atoms with Crippen LogP contribution in [-0.2, 0) is 13.2 Å². The summed E-state index contributed by atoms with van der Waals surface area (Å²) in [5.41, 5.74) is 2.01. The zero-order valence-corrected chi connectivity index (χ0v) is 19.2. The van der Waals surface area contributed by atoms with Gasteiger partial charge in [-0.1, -0.05) is 23.8 Å². The van der Waals surface area contributed by atoms with Gasteiger partial charge in [-0.05, 0) is 50.1 Å². The van der Waals surface area contributed by atoms with Crippen molar-refractivity contribution in [3.63, 3.8) is 0 Å². The number of anilines is 1. The Hall–Kier alpha value is -3.30. The number of nitrogens with zero attached hydrogens (tertiary/aromatic N) is 5. The molecule has 1 aliphatic heterocycles. The van der Waals surface area contributed by atoms with E-state index in [-0.39, 0.29) is 41.2 Å². The van der Waals surface area contributed by atoms with Gasteiger partial charge in [0.25, 0.3) is 5.91 Å². The van der Waals surface area contributed by atoms with E-state index >= 15 is 4.39 Å². The van der Waals surface area contributed by atoms with Crippen LogP contribution >= 0.6 is 11.6 Å². The molecule has 0 saturated heterocycles. The number of carbonyl (C=O) groups is 1. The Kier molecular flexibility index (Phi) is 5.94. The van der Waals surface area contributed by atoms with Crippen LogP contribution in [0.3, 0.4) is 0 Å². The summed E-state index contributed by atoms with van der Waals surface area (Å²) in [5, 5.41) is 13.8. The Morgan fingerprint density at radius 1 is 1.36 bits per heavy atom. The lowest BCUT2D eigenvalue weighted by Crippen LogP contribution is -2.41. The molecule has 0 bridgehead atoms. The summed E-state index contributed by atoms with van der Waals surface area (Å²) in [5.74, 6) is -1.42. The summed E-state index contributed by atoms with van der Waals surface area (Å²) in [4.78, 5) is 31.8.